The summed E-state index contributed by atoms with van der Waals surface area (Å²) in [7, 11) is 1.41. The van der Waals surface area contributed by atoms with Crippen LogP contribution in [-0.4, -0.2) is 46.7 Å². The molecule has 0 radical (unpaired) electrons. The Hall–Kier alpha value is -5.27. The van der Waals surface area contributed by atoms with Gasteiger partial charge >= 0.3 is 6.18 Å². The van der Waals surface area contributed by atoms with Crippen molar-refractivity contribution in [3.05, 3.63) is 83.8 Å². The number of carbonyl (C=O) groups is 2. The van der Waals surface area contributed by atoms with Crippen molar-refractivity contribution in [3.8, 4) is 22.5 Å². The van der Waals surface area contributed by atoms with Crippen LogP contribution < -0.4 is 16.0 Å². The highest BCUT2D eigenvalue weighted by Gasteiger charge is 2.44. The Bertz CT molecular complexity index is 1850. The molecule has 2 aromatic carbocycles. The third-order valence-corrected chi connectivity index (χ3v) is 7.48. The first-order valence-electron chi connectivity index (χ1n) is 13.5. The monoisotopic (exact) mass is 608 g/mol. The van der Waals surface area contributed by atoms with Crippen LogP contribution in [0.4, 0.5) is 23.4 Å². The number of hydrogen-bond acceptors (Lipinski definition) is 8. The van der Waals surface area contributed by atoms with Gasteiger partial charge in [-0.25, -0.2) is 4.39 Å². The van der Waals surface area contributed by atoms with Gasteiger partial charge in [0.1, 0.15) is 29.5 Å². The lowest BCUT2D eigenvalue weighted by Gasteiger charge is -2.39. The van der Waals surface area contributed by atoms with Crippen LogP contribution in [-0.2, 0) is 5.54 Å². The first-order valence-corrected chi connectivity index (χ1v) is 13.5. The van der Waals surface area contributed by atoms with Gasteiger partial charge in [0.15, 0.2) is 5.82 Å². The average molecular weight is 609 g/mol. The summed E-state index contributed by atoms with van der Waals surface area (Å²) >= 11 is 0. The molecule has 0 atom stereocenters. The van der Waals surface area contributed by atoms with Gasteiger partial charge in [-0.3, -0.25) is 9.59 Å². The zero-order valence-electron chi connectivity index (χ0n) is 23.1. The highest BCUT2D eigenvalue weighted by Crippen LogP contribution is 2.41. The summed E-state index contributed by atoms with van der Waals surface area (Å²) in [6.07, 6.45) is -1.30. The van der Waals surface area contributed by atoms with Gasteiger partial charge in [0.25, 0.3) is 11.8 Å². The van der Waals surface area contributed by atoms with E-state index in [-0.39, 0.29) is 39.4 Å². The van der Waals surface area contributed by atoms with E-state index in [4.69, 9.17) is 8.94 Å². The summed E-state index contributed by atoms with van der Waals surface area (Å²) in [6, 6.07) is 13.0. The predicted octanol–water partition coefficient (Wildman–Crippen LogP) is 5.83. The van der Waals surface area contributed by atoms with Crippen molar-refractivity contribution in [2.24, 2.45) is 0 Å². The number of nitrogens with one attached hydrogen (secondary N) is 3. The first kappa shape index (κ1) is 28.8. The van der Waals surface area contributed by atoms with Crippen molar-refractivity contribution >= 4 is 28.7 Å². The molecule has 0 bridgehead atoms. The van der Waals surface area contributed by atoms with Crippen LogP contribution in [0.3, 0.4) is 0 Å². The minimum atomic E-state index is -4.57. The maximum absolute atomic E-state index is 13.6. The molecule has 1 saturated carbocycles. The second kappa shape index (κ2) is 11.1. The maximum Gasteiger partial charge on any atom is 0.405 e. The fraction of sp³-hybridized carbons (Fsp3) is 0.233. The van der Waals surface area contributed by atoms with Crippen LogP contribution in [0.2, 0.25) is 0 Å². The van der Waals surface area contributed by atoms with Gasteiger partial charge in [0.2, 0.25) is 12.1 Å². The summed E-state index contributed by atoms with van der Waals surface area (Å²) in [4.78, 5) is 34.8. The van der Waals surface area contributed by atoms with Crippen LogP contribution >= 0.6 is 0 Å². The Labute approximate surface area is 246 Å². The smallest absolute Gasteiger partial charge is 0.405 e. The Morgan fingerprint density at radius 1 is 1.02 bits per heavy atom. The van der Waals surface area contributed by atoms with Crippen LogP contribution in [0.5, 0.6) is 0 Å². The Kier molecular flexibility index (Phi) is 7.27. The number of furan rings is 1. The highest BCUT2D eigenvalue weighted by atomic mass is 19.4. The molecular formula is C30H24F4N6O4. The van der Waals surface area contributed by atoms with E-state index in [1.54, 1.807) is 18.2 Å². The molecule has 3 N–H and O–H groups in total. The maximum atomic E-state index is 13.6. The molecule has 2 amide bonds. The number of rotatable bonds is 8. The van der Waals surface area contributed by atoms with Crippen LogP contribution in [0.25, 0.3) is 33.6 Å². The van der Waals surface area contributed by atoms with E-state index < -0.39 is 35.9 Å². The number of alkyl halides is 3. The third kappa shape index (κ3) is 5.45. The molecule has 1 aliphatic carbocycles. The molecule has 5 aromatic rings. The van der Waals surface area contributed by atoms with Crippen LogP contribution in [0, 0.1) is 5.82 Å². The molecule has 1 fully saturated rings. The molecule has 3 aromatic heterocycles. The molecule has 44 heavy (non-hydrogen) atoms. The second-order valence-electron chi connectivity index (χ2n) is 10.3. The number of halogens is 4. The number of amides is 2. The molecule has 10 nitrogen and oxygen atoms in total. The predicted molar refractivity (Wildman–Crippen MR) is 150 cm³/mol. The second-order valence-corrected chi connectivity index (χ2v) is 10.3. The van der Waals surface area contributed by atoms with Crippen molar-refractivity contribution in [2.75, 3.05) is 18.9 Å². The van der Waals surface area contributed by atoms with Gasteiger partial charge in [-0.1, -0.05) is 17.3 Å². The number of aromatic nitrogens is 3. The summed E-state index contributed by atoms with van der Waals surface area (Å²) in [5, 5.41) is 11.9. The Balaban J connectivity index is 1.45. The fourth-order valence-corrected chi connectivity index (χ4v) is 5.15. The van der Waals surface area contributed by atoms with E-state index in [1.807, 2.05) is 0 Å². The minimum absolute atomic E-state index is 0.0613. The molecule has 226 valence electrons. The van der Waals surface area contributed by atoms with E-state index in [0.29, 0.717) is 29.8 Å². The lowest BCUT2D eigenvalue weighted by molar-refractivity contribution is -0.115. The standard InChI is InChI=1S/C30H24F4N6O4/c1-35-26(42)22-21-13-20(17-4-2-5-18(12-17)25(41)39-29(10-3-11-29)28-37-15-43-40-28)24(36-14-30(32,33)34)38-27(21)44-23(22)16-6-8-19(31)9-7-16/h2,4-9,12-13,15H,3,10-11,14H2,1H3,(H,35,42)(H,36,38)(H,39,41). The Morgan fingerprint density at radius 2 is 1.80 bits per heavy atom. The highest BCUT2D eigenvalue weighted by molar-refractivity contribution is 6.11. The summed E-state index contributed by atoms with van der Waals surface area (Å²) in [5.41, 5.74) is 0.291. The molecule has 3 heterocycles. The number of pyridine rings is 1. The lowest BCUT2D eigenvalue weighted by Crippen LogP contribution is -2.51. The SMILES string of the molecule is CNC(=O)c1c(-c2ccc(F)cc2)oc2nc(NCC(F)(F)F)c(-c3cccc(C(=O)NC4(c5ncon5)CCC4)c3)cc12. The molecule has 0 aliphatic heterocycles. The van der Waals surface area contributed by atoms with Crippen molar-refractivity contribution in [1.82, 2.24) is 25.8 Å². The summed E-state index contributed by atoms with van der Waals surface area (Å²) in [6.45, 7) is -1.40. The van der Waals surface area contributed by atoms with Crippen molar-refractivity contribution in [1.29, 1.82) is 0 Å². The number of nitrogens with zero attached hydrogens (tertiary/aromatic N) is 3. The molecular weight excluding hydrogens is 584 g/mol. The number of fused-ring (bicyclic) bond motifs is 1. The zero-order valence-corrected chi connectivity index (χ0v) is 23.1. The number of carbonyl (C=O) groups excluding carboxylic acids is 2. The van der Waals surface area contributed by atoms with Gasteiger partial charge in [-0.15, -0.1) is 0 Å². The topological polar surface area (TPSA) is 135 Å². The van der Waals surface area contributed by atoms with E-state index in [0.717, 1.165) is 6.42 Å². The van der Waals surface area contributed by atoms with Crippen molar-refractivity contribution in [2.45, 2.75) is 31.0 Å². The molecule has 0 spiro atoms. The number of benzene rings is 2. The zero-order chi connectivity index (χ0) is 31.1. The third-order valence-electron chi connectivity index (χ3n) is 7.48. The van der Waals surface area contributed by atoms with E-state index in [9.17, 15) is 27.2 Å². The van der Waals surface area contributed by atoms with Crippen LogP contribution in [0.15, 0.2) is 69.9 Å². The first-order chi connectivity index (χ1) is 21.1. The minimum Gasteiger partial charge on any atom is -0.437 e. The number of anilines is 1. The lowest BCUT2D eigenvalue weighted by atomic mass is 9.76. The fourth-order valence-electron chi connectivity index (χ4n) is 5.15. The van der Waals surface area contributed by atoms with Crippen molar-refractivity contribution < 1.29 is 36.1 Å². The molecule has 1 aliphatic rings. The van der Waals surface area contributed by atoms with Gasteiger partial charge < -0.3 is 24.9 Å². The van der Waals surface area contributed by atoms with E-state index >= 15 is 0 Å². The van der Waals surface area contributed by atoms with Gasteiger partial charge in [-0.05, 0) is 67.3 Å². The normalized spacial score (nSPS) is 14.2. The molecule has 0 unspecified atom stereocenters. The van der Waals surface area contributed by atoms with Gasteiger partial charge in [-0.2, -0.15) is 23.1 Å². The van der Waals surface area contributed by atoms with Crippen LogP contribution in [0.1, 0.15) is 45.8 Å². The largest absolute Gasteiger partial charge is 0.437 e. The van der Waals surface area contributed by atoms with E-state index in [1.165, 1.54) is 49.8 Å². The Morgan fingerprint density at radius 3 is 2.43 bits per heavy atom. The van der Waals surface area contributed by atoms with Crippen molar-refractivity contribution in [3.63, 3.8) is 0 Å². The molecule has 6 rings (SSSR count). The molecule has 14 heteroatoms. The van der Waals surface area contributed by atoms with Gasteiger partial charge in [0, 0.05) is 23.7 Å². The summed E-state index contributed by atoms with van der Waals surface area (Å²) < 4.78 is 64.2. The van der Waals surface area contributed by atoms with E-state index in [2.05, 4.69) is 31.1 Å². The molecule has 0 saturated heterocycles. The number of hydrogen-bond donors (Lipinski definition) is 3. The average Bonchev–Trinajstić information content (AvgIpc) is 3.65. The quantitative estimate of drug-likeness (QED) is 0.188. The summed E-state index contributed by atoms with van der Waals surface area (Å²) in [5.74, 6) is -1.26. The van der Waals surface area contributed by atoms with Gasteiger partial charge in [0.05, 0.1) is 10.9 Å².